The maximum atomic E-state index is 13.1. The van der Waals surface area contributed by atoms with Gasteiger partial charge in [-0.1, -0.05) is 12.8 Å². The number of benzene rings is 1. The van der Waals surface area contributed by atoms with Gasteiger partial charge in [0.2, 0.25) is 21.5 Å². The van der Waals surface area contributed by atoms with E-state index in [0.717, 1.165) is 25.9 Å². The van der Waals surface area contributed by atoms with Gasteiger partial charge < -0.3 is 9.88 Å². The molecule has 0 atom stereocenters. The Labute approximate surface area is 170 Å². The van der Waals surface area contributed by atoms with E-state index in [-0.39, 0.29) is 22.3 Å². The smallest absolute Gasteiger partial charge is 0.248 e. The Morgan fingerprint density at radius 2 is 1.62 bits per heavy atom. The largest absolute Gasteiger partial charge is 0.342 e. The maximum Gasteiger partial charge on any atom is 0.248 e. The minimum Gasteiger partial charge on any atom is -0.342 e. The highest BCUT2D eigenvalue weighted by molar-refractivity contribution is 7.89. The maximum absolute atomic E-state index is 13.1. The van der Waals surface area contributed by atoms with E-state index in [1.54, 1.807) is 18.2 Å². The molecule has 7 nitrogen and oxygen atoms in total. The van der Waals surface area contributed by atoms with Crippen LogP contribution < -0.4 is 5.56 Å². The molecule has 2 saturated heterocycles. The summed E-state index contributed by atoms with van der Waals surface area (Å²) in [5, 5.41) is 0.678. The average molecular weight is 418 g/mol. The van der Waals surface area contributed by atoms with Gasteiger partial charge in [0.1, 0.15) is 0 Å². The van der Waals surface area contributed by atoms with E-state index in [1.165, 1.54) is 29.3 Å². The second-order valence-electron chi connectivity index (χ2n) is 7.99. The molecule has 2 fully saturated rings. The van der Waals surface area contributed by atoms with E-state index >= 15 is 0 Å². The minimum absolute atomic E-state index is 0.0822. The fraction of sp³-hybridized carbons (Fsp3) is 0.524. The molecule has 0 aliphatic carbocycles. The number of likely N-dealkylation sites (tertiary alicyclic amines) is 1. The van der Waals surface area contributed by atoms with Crippen molar-refractivity contribution in [1.29, 1.82) is 0 Å². The lowest BCUT2D eigenvalue weighted by Gasteiger charge is -2.33. The summed E-state index contributed by atoms with van der Waals surface area (Å²) in [6.45, 7) is 2.37. The zero-order valence-electron chi connectivity index (χ0n) is 16.5. The summed E-state index contributed by atoms with van der Waals surface area (Å²) in [6.07, 6.45) is 5.61. The summed E-state index contributed by atoms with van der Waals surface area (Å²) in [5.74, 6) is 0.111. The molecule has 2 aliphatic rings. The van der Waals surface area contributed by atoms with Gasteiger partial charge in [0.25, 0.3) is 0 Å². The predicted molar refractivity (Wildman–Crippen MR) is 111 cm³/mol. The lowest BCUT2D eigenvalue weighted by molar-refractivity contribution is -0.136. The van der Waals surface area contributed by atoms with Crippen LogP contribution in [0.4, 0.5) is 0 Å². The van der Waals surface area contributed by atoms with Crippen molar-refractivity contribution in [3.63, 3.8) is 0 Å². The zero-order valence-corrected chi connectivity index (χ0v) is 17.3. The molecular formula is C21H27N3O4S. The fourth-order valence-corrected chi connectivity index (χ4v) is 5.84. The first-order valence-corrected chi connectivity index (χ1v) is 11.8. The first-order chi connectivity index (χ1) is 13.9. The summed E-state index contributed by atoms with van der Waals surface area (Å²) in [4.78, 5) is 29.1. The highest BCUT2D eigenvalue weighted by Crippen LogP contribution is 2.27. The van der Waals surface area contributed by atoms with E-state index < -0.39 is 10.0 Å². The van der Waals surface area contributed by atoms with Crippen molar-refractivity contribution in [3.05, 3.63) is 40.7 Å². The molecule has 0 saturated carbocycles. The van der Waals surface area contributed by atoms with E-state index in [0.29, 0.717) is 36.8 Å². The number of aromatic amines is 1. The summed E-state index contributed by atoms with van der Waals surface area (Å²) in [7, 11) is -3.63. The van der Waals surface area contributed by atoms with E-state index in [2.05, 4.69) is 4.98 Å². The van der Waals surface area contributed by atoms with E-state index in [4.69, 9.17) is 0 Å². The molecule has 156 valence electrons. The highest BCUT2D eigenvalue weighted by Gasteiger charge is 2.34. The number of pyridine rings is 1. The third-order valence-electron chi connectivity index (χ3n) is 6.05. The Balaban J connectivity index is 1.45. The number of sulfonamides is 1. The third-order valence-corrected chi connectivity index (χ3v) is 7.95. The third kappa shape index (κ3) is 4.23. The van der Waals surface area contributed by atoms with Crippen LogP contribution >= 0.6 is 0 Å². The Kier molecular flexibility index (Phi) is 5.74. The Bertz CT molecular complexity index is 1050. The number of carbonyl (C=O) groups excluding carboxylic acids is 1. The number of carbonyl (C=O) groups is 1. The molecule has 0 bridgehead atoms. The summed E-state index contributed by atoms with van der Waals surface area (Å²) < 4.78 is 27.6. The average Bonchev–Trinajstić information content (AvgIpc) is 3.02. The van der Waals surface area contributed by atoms with E-state index in [9.17, 15) is 18.0 Å². The van der Waals surface area contributed by atoms with Gasteiger partial charge in [0.05, 0.1) is 4.90 Å². The standard InChI is InChI=1S/C21H27N3O4S/c25-20-8-5-17-15-18(6-7-19(17)22-20)29(27,28)24-13-9-16(10-14-24)21(26)23-11-3-1-2-4-12-23/h5-8,15-16H,1-4,9-14H2,(H,22,25). The second-order valence-corrected chi connectivity index (χ2v) is 9.93. The molecule has 3 heterocycles. The molecule has 0 unspecified atom stereocenters. The monoisotopic (exact) mass is 417 g/mol. The Hall–Kier alpha value is -2.19. The molecule has 1 amide bonds. The molecule has 1 aromatic heterocycles. The lowest BCUT2D eigenvalue weighted by atomic mass is 9.96. The molecule has 8 heteroatoms. The number of rotatable bonds is 3. The molecule has 29 heavy (non-hydrogen) atoms. The van der Waals surface area contributed by atoms with Crippen LogP contribution in [0.1, 0.15) is 38.5 Å². The van der Waals surface area contributed by atoms with Crippen LogP contribution in [-0.2, 0) is 14.8 Å². The quantitative estimate of drug-likeness (QED) is 0.830. The number of aromatic nitrogens is 1. The molecule has 1 N–H and O–H groups in total. The summed E-state index contributed by atoms with van der Waals surface area (Å²) in [5.41, 5.74) is 0.391. The number of piperidine rings is 1. The molecule has 0 spiro atoms. The van der Waals surface area contributed by atoms with Gasteiger partial charge in [0.15, 0.2) is 0 Å². The van der Waals surface area contributed by atoms with E-state index in [1.807, 2.05) is 4.90 Å². The van der Waals surface area contributed by atoms with Crippen molar-refractivity contribution in [2.75, 3.05) is 26.2 Å². The van der Waals surface area contributed by atoms with Crippen LogP contribution in [0.25, 0.3) is 10.9 Å². The van der Waals surface area contributed by atoms with Gasteiger partial charge >= 0.3 is 0 Å². The summed E-state index contributed by atoms with van der Waals surface area (Å²) in [6, 6.07) is 7.76. The normalized spacial score (nSPS) is 19.9. The summed E-state index contributed by atoms with van der Waals surface area (Å²) >= 11 is 0. The second kappa shape index (κ2) is 8.28. The fourth-order valence-electron chi connectivity index (χ4n) is 4.33. The van der Waals surface area contributed by atoms with Gasteiger partial charge in [-0.25, -0.2) is 8.42 Å². The zero-order chi connectivity index (χ0) is 20.4. The predicted octanol–water partition coefficient (Wildman–Crippen LogP) is 2.33. The van der Waals surface area contributed by atoms with Crippen LogP contribution in [-0.4, -0.2) is 54.7 Å². The van der Waals surface area contributed by atoms with Gasteiger partial charge in [0, 0.05) is 43.7 Å². The van der Waals surface area contributed by atoms with Crippen LogP contribution in [0.2, 0.25) is 0 Å². The van der Waals surface area contributed by atoms with Crippen LogP contribution in [0.3, 0.4) is 0 Å². The van der Waals surface area contributed by atoms with Crippen molar-refractivity contribution in [2.45, 2.75) is 43.4 Å². The number of nitrogens with zero attached hydrogens (tertiary/aromatic N) is 2. The first-order valence-electron chi connectivity index (χ1n) is 10.4. The molecular weight excluding hydrogens is 390 g/mol. The van der Waals surface area contributed by atoms with Crippen molar-refractivity contribution in [2.24, 2.45) is 5.92 Å². The molecule has 4 rings (SSSR count). The molecule has 1 aromatic carbocycles. The lowest BCUT2D eigenvalue weighted by Crippen LogP contribution is -2.44. The van der Waals surface area contributed by atoms with Crippen molar-refractivity contribution >= 4 is 26.8 Å². The van der Waals surface area contributed by atoms with Crippen molar-refractivity contribution < 1.29 is 13.2 Å². The number of hydrogen-bond acceptors (Lipinski definition) is 4. The van der Waals surface area contributed by atoms with Gasteiger partial charge in [-0.15, -0.1) is 0 Å². The topological polar surface area (TPSA) is 90.5 Å². The number of hydrogen-bond donors (Lipinski definition) is 1. The van der Waals surface area contributed by atoms with Gasteiger partial charge in [-0.2, -0.15) is 4.31 Å². The van der Waals surface area contributed by atoms with Crippen LogP contribution in [0.5, 0.6) is 0 Å². The SMILES string of the molecule is O=C(C1CCN(S(=O)(=O)c2ccc3[nH]c(=O)ccc3c2)CC1)N1CCCCCC1. The minimum atomic E-state index is -3.63. The molecule has 0 radical (unpaired) electrons. The van der Waals surface area contributed by atoms with Gasteiger partial charge in [-0.3, -0.25) is 9.59 Å². The molecule has 2 aliphatic heterocycles. The van der Waals surface area contributed by atoms with Crippen molar-refractivity contribution in [3.8, 4) is 0 Å². The Morgan fingerprint density at radius 1 is 0.931 bits per heavy atom. The number of fused-ring (bicyclic) bond motifs is 1. The molecule has 2 aromatic rings. The van der Waals surface area contributed by atoms with Gasteiger partial charge in [-0.05, 0) is 55.3 Å². The highest BCUT2D eigenvalue weighted by atomic mass is 32.2. The first kappa shape index (κ1) is 20.1. The van der Waals surface area contributed by atoms with Crippen LogP contribution in [0.15, 0.2) is 40.0 Å². The van der Waals surface area contributed by atoms with Crippen LogP contribution in [0, 0.1) is 5.92 Å². The number of amides is 1. The number of H-pyrrole nitrogens is 1. The Morgan fingerprint density at radius 3 is 2.31 bits per heavy atom. The number of nitrogens with one attached hydrogen (secondary N) is 1. The van der Waals surface area contributed by atoms with Crippen molar-refractivity contribution in [1.82, 2.24) is 14.2 Å².